The van der Waals surface area contributed by atoms with Crippen LogP contribution in [0.3, 0.4) is 0 Å². The van der Waals surface area contributed by atoms with E-state index < -0.39 is 0 Å². The minimum Gasteiger partial charge on any atom is -0.466 e. The summed E-state index contributed by atoms with van der Waals surface area (Å²) in [5, 5.41) is 9.72. The smallest absolute Gasteiger partial charge is 0.226 e. The molecular weight excluding hydrogens is 266 g/mol. The van der Waals surface area contributed by atoms with E-state index in [2.05, 4.69) is 22.4 Å². The van der Waals surface area contributed by atoms with Gasteiger partial charge in [0.1, 0.15) is 11.5 Å². The Bertz CT molecular complexity index is 629. The summed E-state index contributed by atoms with van der Waals surface area (Å²) in [6.07, 6.45) is 3.11. The molecule has 2 N–H and O–H groups in total. The number of hydrogen-bond acceptors (Lipinski definition) is 3. The van der Waals surface area contributed by atoms with E-state index >= 15 is 0 Å². The lowest BCUT2D eigenvalue weighted by molar-refractivity contribution is -0.116. The maximum absolute atomic E-state index is 11.9. The Morgan fingerprint density at radius 1 is 1.52 bits per heavy atom. The minimum absolute atomic E-state index is 0.0399. The third-order valence-electron chi connectivity index (χ3n) is 4.04. The van der Waals surface area contributed by atoms with Crippen molar-refractivity contribution in [2.24, 2.45) is 5.92 Å². The number of hydrogen-bond donors (Lipinski definition) is 2. The van der Waals surface area contributed by atoms with E-state index in [1.54, 1.807) is 0 Å². The first kappa shape index (κ1) is 13.9. The number of H-pyrrole nitrogens is 1. The number of amides is 1. The molecule has 2 atom stereocenters. The molecule has 2 aromatic heterocycles. The van der Waals surface area contributed by atoms with Crippen molar-refractivity contribution in [1.29, 1.82) is 0 Å². The van der Waals surface area contributed by atoms with Crippen LogP contribution >= 0.6 is 0 Å². The van der Waals surface area contributed by atoms with E-state index in [-0.39, 0.29) is 5.91 Å². The Kier molecular flexibility index (Phi) is 3.82. The molecule has 0 saturated heterocycles. The highest BCUT2D eigenvalue weighted by Gasteiger charge is 2.36. The van der Waals surface area contributed by atoms with Gasteiger partial charge in [0.15, 0.2) is 5.82 Å². The van der Waals surface area contributed by atoms with Crippen molar-refractivity contribution in [2.45, 2.75) is 45.4 Å². The molecular formula is C16H21N3O2. The first-order chi connectivity index (χ1) is 10.2. The zero-order chi connectivity index (χ0) is 14.8. The summed E-state index contributed by atoms with van der Waals surface area (Å²) in [6.45, 7) is 4.27. The van der Waals surface area contributed by atoms with E-state index in [9.17, 15) is 4.79 Å². The number of nitrogens with one attached hydrogen (secondary N) is 2. The van der Waals surface area contributed by atoms with E-state index in [1.165, 1.54) is 6.42 Å². The fourth-order valence-electron chi connectivity index (χ4n) is 2.50. The Morgan fingerprint density at radius 2 is 2.33 bits per heavy atom. The molecule has 0 aliphatic heterocycles. The SMILES string of the molecule is CCc1cc(NC(=O)CCc2ccc(C3CC3C)o2)n[nH]1. The number of anilines is 1. The fraction of sp³-hybridized carbons (Fsp3) is 0.500. The van der Waals surface area contributed by atoms with Crippen molar-refractivity contribution in [3.8, 4) is 0 Å². The molecule has 0 bridgehead atoms. The van der Waals surface area contributed by atoms with Gasteiger partial charge in [-0.1, -0.05) is 13.8 Å². The Hall–Kier alpha value is -2.04. The normalized spacial score (nSPS) is 20.5. The molecule has 0 aromatic carbocycles. The topological polar surface area (TPSA) is 70.9 Å². The van der Waals surface area contributed by atoms with Crippen molar-refractivity contribution in [3.63, 3.8) is 0 Å². The number of rotatable bonds is 6. The summed E-state index contributed by atoms with van der Waals surface area (Å²) in [5.74, 6) is 3.82. The third kappa shape index (κ3) is 3.35. The number of aromatic amines is 1. The lowest BCUT2D eigenvalue weighted by Crippen LogP contribution is -2.12. The zero-order valence-electron chi connectivity index (χ0n) is 12.5. The van der Waals surface area contributed by atoms with Crippen molar-refractivity contribution >= 4 is 11.7 Å². The van der Waals surface area contributed by atoms with Gasteiger partial charge in [-0.25, -0.2) is 0 Å². The highest BCUT2D eigenvalue weighted by molar-refractivity contribution is 5.89. The van der Waals surface area contributed by atoms with E-state index in [0.29, 0.717) is 24.6 Å². The van der Waals surface area contributed by atoms with Crippen LogP contribution in [0.25, 0.3) is 0 Å². The number of aryl methyl sites for hydroxylation is 2. The van der Waals surface area contributed by atoms with Gasteiger partial charge in [0.25, 0.3) is 0 Å². The summed E-state index contributed by atoms with van der Waals surface area (Å²) in [6, 6.07) is 5.89. The predicted molar refractivity (Wildman–Crippen MR) is 80.1 cm³/mol. The quantitative estimate of drug-likeness (QED) is 0.856. The van der Waals surface area contributed by atoms with Gasteiger partial charge in [-0.15, -0.1) is 0 Å². The number of nitrogens with zero attached hydrogens (tertiary/aromatic N) is 1. The molecule has 2 unspecified atom stereocenters. The average Bonchev–Trinajstić information content (AvgIpc) is 2.92. The van der Waals surface area contributed by atoms with Crippen molar-refractivity contribution in [3.05, 3.63) is 35.4 Å². The largest absolute Gasteiger partial charge is 0.466 e. The van der Waals surface area contributed by atoms with Crippen molar-refractivity contribution < 1.29 is 9.21 Å². The van der Waals surface area contributed by atoms with Crippen LogP contribution in [0.15, 0.2) is 22.6 Å². The average molecular weight is 287 g/mol. The molecule has 1 aliphatic rings. The molecule has 0 spiro atoms. The van der Waals surface area contributed by atoms with Crippen LogP contribution in [0.2, 0.25) is 0 Å². The monoisotopic (exact) mass is 287 g/mol. The van der Waals surface area contributed by atoms with Gasteiger partial charge in [-0.05, 0) is 30.9 Å². The Balaban J connectivity index is 1.48. The van der Waals surface area contributed by atoms with Gasteiger partial charge in [-0.2, -0.15) is 5.10 Å². The highest BCUT2D eigenvalue weighted by atomic mass is 16.3. The van der Waals surface area contributed by atoms with E-state index in [0.717, 1.165) is 29.6 Å². The Labute approximate surface area is 124 Å². The molecule has 0 radical (unpaired) electrons. The predicted octanol–water partition coefficient (Wildman–Crippen LogP) is 3.26. The molecule has 2 aromatic rings. The summed E-state index contributed by atoms with van der Waals surface area (Å²) < 4.78 is 5.80. The van der Waals surface area contributed by atoms with Crippen LogP contribution in [-0.2, 0) is 17.6 Å². The second kappa shape index (κ2) is 5.76. The second-order valence-corrected chi connectivity index (χ2v) is 5.80. The molecule has 2 heterocycles. The van der Waals surface area contributed by atoms with Crippen molar-refractivity contribution in [2.75, 3.05) is 5.32 Å². The van der Waals surface area contributed by atoms with Crippen LogP contribution < -0.4 is 5.32 Å². The fourth-order valence-corrected chi connectivity index (χ4v) is 2.50. The molecule has 1 amide bonds. The molecule has 21 heavy (non-hydrogen) atoms. The van der Waals surface area contributed by atoms with E-state index in [4.69, 9.17) is 4.42 Å². The van der Waals surface area contributed by atoms with Gasteiger partial charge >= 0.3 is 0 Å². The lowest BCUT2D eigenvalue weighted by atomic mass is 10.2. The number of furan rings is 1. The zero-order valence-corrected chi connectivity index (χ0v) is 12.5. The second-order valence-electron chi connectivity index (χ2n) is 5.80. The van der Waals surface area contributed by atoms with Crippen LogP contribution in [0, 0.1) is 5.92 Å². The molecule has 5 heteroatoms. The van der Waals surface area contributed by atoms with Crippen LogP contribution in [0.1, 0.15) is 49.8 Å². The Morgan fingerprint density at radius 3 is 3.00 bits per heavy atom. The van der Waals surface area contributed by atoms with Crippen LogP contribution in [-0.4, -0.2) is 16.1 Å². The maximum Gasteiger partial charge on any atom is 0.226 e. The van der Waals surface area contributed by atoms with Crippen molar-refractivity contribution in [1.82, 2.24) is 10.2 Å². The lowest BCUT2D eigenvalue weighted by Gasteiger charge is -2.00. The molecule has 112 valence electrons. The number of carbonyl (C=O) groups excluding carboxylic acids is 1. The summed E-state index contributed by atoms with van der Waals surface area (Å²) in [7, 11) is 0. The number of carbonyl (C=O) groups is 1. The number of aromatic nitrogens is 2. The van der Waals surface area contributed by atoms with E-state index in [1.807, 2.05) is 25.1 Å². The maximum atomic E-state index is 11.9. The molecule has 3 rings (SSSR count). The van der Waals surface area contributed by atoms with Gasteiger partial charge in [0, 0.05) is 30.5 Å². The van der Waals surface area contributed by atoms with Crippen LogP contribution in [0.5, 0.6) is 0 Å². The standard InChI is InChI=1S/C16H21N3O2/c1-3-11-9-15(19-18-11)17-16(20)7-5-12-4-6-14(21-12)13-8-10(13)2/h4,6,9-10,13H,3,5,7-8H2,1-2H3,(H2,17,18,19,20). The molecule has 5 nitrogen and oxygen atoms in total. The molecule has 1 fully saturated rings. The summed E-state index contributed by atoms with van der Waals surface area (Å²) in [5.41, 5.74) is 1.01. The minimum atomic E-state index is -0.0399. The summed E-state index contributed by atoms with van der Waals surface area (Å²) >= 11 is 0. The van der Waals surface area contributed by atoms with Gasteiger partial charge in [0.2, 0.25) is 5.91 Å². The highest BCUT2D eigenvalue weighted by Crippen LogP contribution is 2.47. The van der Waals surface area contributed by atoms with Gasteiger partial charge in [0.05, 0.1) is 0 Å². The third-order valence-corrected chi connectivity index (χ3v) is 4.04. The van der Waals surface area contributed by atoms with Gasteiger partial charge in [-0.3, -0.25) is 9.89 Å². The first-order valence-electron chi connectivity index (χ1n) is 7.58. The van der Waals surface area contributed by atoms with Gasteiger partial charge < -0.3 is 9.73 Å². The first-order valence-corrected chi connectivity index (χ1v) is 7.58. The molecule has 1 saturated carbocycles. The summed E-state index contributed by atoms with van der Waals surface area (Å²) in [4.78, 5) is 11.9. The molecule has 1 aliphatic carbocycles. The van der Waals surface area contributed by atoms with Crippen LogP contribution in [0.4, 0.5) is 5.82 Å².